The van der Waals surface area contributed by atoms with E-state index in [1.807, 2.05) is 24.4 Å². The number of nitrogens with one attached hydrogen (secondary N) is 1. The number of amides is 1. The Bertz CT molecular complexity index is 757. The number of piperidine rings is 1. The van der Waals surface area contributed by atoms with Crippen molar-refractivity contribution in [2.45, 2.75) is 25.8 Å². The molecular formula is C18H25N7O. The number of likely N-dealkylation sites (tertiary alicyclic amines) is 1. The van der Waals surface area contributed by atoms with Crippen LogP contribution < -0.4 is 11.1 Å². The van der Waals surface area contributed by atoms with Crippen LogP contribution in [0, 0.1) is 5.92 Å². The van der Waals surface area contributed by atoms with E-state index < -0.39 is 0 Å². The van der Waals surface area contributed by atoms with Gasteiger partial charge in [-0.05, 0) is 42.5 Å². The largest absolute Gasteiger partial charge is 0.370 e. The second-order valence-corrected chi connectivity index (χ2v) is 6.50. The number of nitrogens with zero attached hydrogens (tertiary/aromatic N) is 5. The molecule has 1 aliphatic rings. The Balaban J connectivity index is 1.61. The molecule has 0 aromatic carbocycles. The van der Waals surface area contributed by atoms with Gasteiger partial charge in [0.05, 0.1) is 0 Å². The Morgan fingerprint density at radius 1 is 1.46 bits per heavy atom. The van der Waals surface area contributed by atoms with Gasteiger partial charge in [0.1, 0.15) is 0 Å². The lowest BCUT2D eigenvalue weighted by molar-refractivity contribution is -0.119. The molecule has 1 fully saturated rings. The zero-order chi connectivity index (χ0) is 18.4. The highest BCUT2D eigenvalue weighted by Crippen LogP contribution is 2.19. The fourth-order valence-corrected chi connectivity index (χ4v) is 3.32. The molecule has 26 heavy (non-hydrogen) atoms. The van der Waals surface area contributed by atoms with E-state index in [0.717, 1.165) is 43.3 Å². The smallest absolute Gasteiger partial charge is 0.217 e. The highest BCUT2D eigenvalue weighted by Gasteiger charge is 2.23. The van der Waals surface area contributed by atoms with Gasteiger partial charge >= 0.3 is 0 Å². The fourth-order valence-electron chi connectivity index (χ4n) is 3.32. The monoisotopic (exact) mass is 355 g/mol. The van der Waals surface area contributed by atoms with Gasteiger partial charge in [0.25, 0.3) is 0 Å². The molecule has 2 aromatic heterocycles. The van der Waals surface area contributed by atoms with Gasteiger partial charge in [-0.15, -0.1) is 0 Å². The quantitative estimate of drug-likeness (QED) is 0.614. The van der Waals surface area contributed by atoms with Crippen LogP contribution >= 0.6 is 0 Å². The van der Waals surface area contributed by atoms with E-state index in [4.69, 9.17) is 5.73 Å². The number of hydrogen-bond donors (Lipinski definition) is 2. The van der Waals surface area contributed by atoms with E-state index in [1.165, 1.54) is 0 Å². The van der Waals surface area contributed by atoms with Crippen LogP contribution in [0.2, 0.25) is 0 Å². The zero-order valence-corrected chi connectivity index (χ0v) is 15.0. The third kappa shape index (κ3) is 4.59. The number of carbonyl (C=O) groups is 1. The zero-order valence-electron chi connectivity index (χ0n) is 15.0. The van der Waals surface area contributed by atoms with Crippen molar-refractivity contribution in [1.82, 2.24) is 25.0 Å². The van der Waals surface area contributed by atoms with Crippen molar-refractivity contribution in [1.29, 1.82) is 0 Å². The predicted octanol–water partition coefficient (Wildman–Crippen LogP) is 0.930. The minimum absolute atomic E-state index is 0.234. The normalized spacial score (nSPS) is 18.0. The number of hydrogen-bond acceptors (Lipinski definition) is 4. The number of pyridine rings is 1. The number of carbonyl (C=O) groups excluding carboxylic acids is 1. The summed E-state index contributed by atoms with van der Waals surface area (Å²) in [5, 5.41) is 7.61. The molecule has 0 radical (unpaired) electrons. The van der Waals surface area contributed by atoms with Crippen molar-refractivity contribution in [2.75, 3.05) is 20.1 Å². The molecule has 1 unspecified atom stereocenters. The summed E-state index contributed by atoms with van der Waals surface area (Å²) in [5.41, 5.74) is 6.44. The van der Waals surface area contributed by atoms with E-state index in [9.17, 15) is 4.79 Å². The summed E-state index contributed by atoms with van der Waals surface area (Å²) in [4.78, 5) is 22.1. The third-order valence-corrected chi connectivity index (χ3v) is 4.52. The molecule has 0 spiro atoms. The van der Waals surface area contributed by atoms with Gasteiger partial charge in [-0.1, -0.05) is 0 Å². The molecular weight excluding hydrogens is 330 g/mol. The molecule has 2 aromatic rings. The topological polar surface area (TPSA) is 101 Å². The van der Waals surface area contributed by atoms with Crippen molar-refractivity contribution in [2.24, 2.45) is 16.6 Å². The lowest BCUT2D eigenvalue weighted by atomic mass is 9.95. The molecule has 3 heterocycles. The number of aromatic nitrogens is 3. The maximum atomic E-state index is 11.2. The maximum absolute atomic E-state index is 11.2. The summed E-state index contributed by atoms with van der Waals surface area (Å²) >= 11 is 0. The van der Waals surface area contributed by atoms with Crippen molar-refractivity contribution in [3.05, 3.63) is 42.4 Å². The summed E-state index contributed by atoms with van der Waals surface area (Å²) < 4.78 is 1.73. The standard InChI is InChI=1S/C18H25N7O/c1-20-18(24-8-2-4-15(13-24)10-16(19)26)22-12-14-5-7-21-17(11-14)25-9-3-6-23-25/h3,5-7,9,11,15H,2,4,8,10,12-13H2,1H3,(H2,19,26)(H,20,22). The number of aliphatic imine (C=N–C) groups is 1. The third-order valence-electron chi connectivity index (χ3n) is 4.52. The number of nitrogens with two attached hydrogens (primary N) is 1. The second kappa shape index (κ2) is 8.46. The molecule has 1 atom stereocenters. The van der Waals surface area contributed by atoms with Gasteiger partial charge in [0, 0.05) is 51.7 Å². The number of guanidine groups is 1. The van der Waals surface area contributed by atoms with Gasteiger partial charge in [0.2, 0.25) is 5.91 Å². The first-order chi connectivity index (χ1) is 12.7. The molecule has 1 aliphatic heterocycles. The lowest BCUT2D eigenvalue weighted by Gasteiger charge is -2.34. The van der Waals surface area contributed by atoms with Crippen LogP contribution in [0.1, 0.15) is 24.8 Å². The Kier molecular flexibility index (Phi) is 5.83. The maximum Gasteiger partial charge on any atom is 0.217 e. The van der Waals surface area contributed by atoms with Gasteiger partial charge in [-0.3, -0.25) is 9.79 Å². The summed E-state index contributed by atoms with van der Waals surface area (Å²) in [6.07, 6.45) is 7.88. The van der Waals surface area contributed by atoms with E-state index >= 15 is 0 Å². The SMILES string of the molecule is CN=C(NCc1ccnc(-n2cccn2)c1)N1CCCC(CC(N)=O)C1. The first-order valence-electron chi connectivity index (χ1n) is 8.84. The number of primary amides is 1. The molecule has 1 amide bonds. The van der Waals surface area contributed by atoms with Crippen LogP contribution in [0.3, 0.4) is 0 Å². The van der Waals surface area contributed by atoms with Crippen molar-refractivity contribution in [3.8, 4) is 5.82 Å². The average molecular weight is 355 g/mol. The van der Waals surface area contributed by atoms with Crippen LogP contribution in [0.25, 0.3) is 5.82 Å². The molecule has 3 rings (SSSR count). The van der Waals surface area contributed by atoms with Crippen LogP contribution in [0.5, 0.6) is 0 Å². The number of rotatable bonds is 5. The van der Waals surface area contributed by atoms with Crippen LogP contribution in [-0.4, -0.2) is 51.7 Å². The summed E-state index contributed by atoms with van der Waals surface area (Å²) in [7, 11) is 1.78. The molecule has 0 saturated carbocycles. The minimum Gasteiger partial charge on any atom is -0.370 e. The molecule has 8 heteroatoms. The first-order valence-corrected chi connectivity index (χ1v) is 8.84. The fraction of sp³-hybridized carbons (Fsp3) is 0.444. The highest BCUT2D eigenvalue weighted by molar-refractivity contribution is 5.80. The summed E-state index contributed by atoms with van der Waals surface area (Å²) in [6.45, 7) is 2.38. The Morgan fingerprint density at radius 3 is 3.08 bits per heavy atom. The van der Waals surface area contributed by atoms with E-state index in [1.54, 1.807) is 24.1 Å². The molecule has 0 aliphatic carbocycles. The Labute approximate surface area is 153 Å². The van der Waals surface area contributed by atoms with Gasteiger partial charge < -0.3 is 16.0 Å². The molecule has 0 bridgehead atoms. The predicted molar refractivity (Wildman–Crippen MR) is 99.7 cm³/mol. The minimum atomic E-state index is -0.234. The molecule has 8 nitrogen and oxygen atoms in total. The van der Waals surface area contributed by atoms with Gasteiger partial charge in [0.15, 0.2) is 11.8 Å². The summed E-state index contributed by atoms with van der Waals surface area (Å²) in [6, 6.07) is 5.84. The van der Waals surface area contributed by atoms with Crippen molar-refractivity contribution < 1.29 is 4.79 Å². The average Bonchev–Trinajstić information content (AvgIpc) is 3.17. The molecule has 138 valence electrons. The van der Waals surface area contributed by atoms with Gasteiger partial charge in [-0.25, -0.2) is 9.67 Å². The van der Waals surface area contributed by atoms with Crippen LogP contribution in [0.15, 0.2) is 41.8 Å². The highest BCUT2D eigenvalue weighted by atomic mass is 16.1. The van der Waals surface area contributed by atoms with Crippen molar-refractivity contribution in [3.63, 3.8) is 0 Å². The lowest BCUT2D eigenvalue weighted by Crippen LogP contribution is -2.46. The second-order valence-electron chi connectivity index (χ2n) is 6.50. The summed E-state index contributed by atoms with van der Waals surface area (Å²) in [5.74, 6) is 1.69. The van der Waals surface area contributed by atoms with Crippen LogP contribution in [0.4, 0.5) is 0 Å². The van der Waals surface area contributed by atoms with E-state index in [-0.39, 0.29) is 5.91 Å². The van der Waals surface area contributed by atoms with E-state index in [0.29, 0.717) is 18.9 Å². The van der Waals surface area contributed by atoms with E-state index in [2.05, 4.69) is 25.3 Å². The molecule has 1 saturated heterocycles. The van der Waals surface area contributed by atoms with Gasteiger partial charge in [-0.2, -0.15) is 5.10 Å². The van der Waals surface area contributed by atoms with Crippen LogP contribution in [-0.2, 0) is 11.3 Å². The first kappa shape index (κ1) is 17.9. The Morgan fingerprint density at radius 2 is 2.35 bits per heavy atom. The van der Waals surface area contributed by atoms with Crippen molar-refractivity contribution >= 4 is 11.9 Å². The Hall–Kier alpha value is -2.90. The molecule has 3 N–H and O–H groups in total.